The fraction of sp³-hybridized carbons (Fsp3) is 0.643. The van der Waals surface area contributed by atoms with Gasteiger partial charge in [-0.3, -0.25) is 19.2 Å². The fourth-order valence-corrected chi connectivity index (χ4v) is 2.41. The van der Waals surface area contributed by atoms with Gasteiger partial charge >= 0.3 is 11.9 Å². The number of nitrogens with one attached hydrogen (secondary N) is 2. The van der Waals surface area contributed by atoms with Crippen LogP contribution in [0.25, 0.3) is 0 Å². The van der Waals surface area contributed by atoms with Gasteiger partial charge in [0.05, 0.1) is 19.0 Å². The molecule has 0 aromatic rings. The third kappa shape index (κ3) is 6.03. The van der Waals surface area contributed by atoms with Crippen LogP contribution in [-0.2, 0) is 24.0 Å². The summed E-state index contributed by atoms with van der Waals surface area (Å²) >= 11 is 0. The van der Waals surface area contributed by atoms with Crippen LogP contribution < -0.4 is 16.4 Å². The number of rotatable bonds is 8. The second-order valence-corrected chi connectivity index (χ2v) is 5.75. The van der Waals surface area contributed by atoms with E-state index in [2.05, 4.69) is 10.6 Å². The number of likely N-dealkylation sites (tertiary alicyclic amines) is 1. The minimum absolute atomic E-state index is 0.279. The Morgan fingerprint density at radius 3 is 2.40 bits per heavy atom. The van der Waals surface area contributed by atoms with Gasteiger partial charge in [-0.05, 0) is 19.8 Å². The first kappa shape index (κ1) is 20.4. The van der Waals surface area contributed by atoms with Crippen molar-refractivity contribution in [2.45, 2.75) is 44.3 Å². The van der Waals surface area contributed by atoms with Crippen molar-refractivity contribution in [3.8, 4) is 0 Å². The first-order valence-corrected chi connectivity index (χ1v) is 7.71. The Kier molecular flexibility index (Phi) is 7.30. The summed E-state index contributed by atoms with van der Waals surface area (Å²) in [6.07, 6.45) is 0.0755. The highest BCUT2D eigenvalue weighted by atomic mass is 16.4. The van der Waals surface area contributed by atoms with Crippen LogP contribution in [0.4, 0.5) is 0 Å². The molecule has 140 valence electrons. The Morgan fingerprint density at radius 2 is 1.88 bits per heavy atom. The Bertz CT molecular complexity index is 563. The van der Waals surface area contributed by atoms with Crippen LogP contribution in [0.1, 0.15) is 26.2 Å². The largest absolute Gasteiger partial charge is 0.481 e. The van der Waals surface area contributed by atoms with Gasteiger partial charge in [-0.25, -0.2) is 4.79 Å². The normalized spacial score (nSPS) is 19.0. The predicted molar refractivity (Wildman–Crippen MR) is 83.2 cm³/mol. The molecule has 6 N–H and O–H groups in total. The molecule has 0 aromatic carbocycles. The van der Waals surface area contributed by atoms with Crippen molar-refractivity contribution >= 4 is 29.7 Å². The Balaban J connectivity index is 2.67. The highest BCUT2D eigenvalue weighted by molar-refractivity contribution is 5.93. The molecule has 1 aliphatic heterocycles. The lowest BCUT2D eigenvalue weighted by atomic mass is 10.1. The quantitative estimate of drug-likeness (QED) is 0.315. The zero-order chi connectivity index (χ0) is 19.1. The van der Waals surface area contributed by atoms with E-state index in [0.29, 0.717) is 12.8 Å². The van der Waals surface area contributed by atoms with E-state index in [1.165, 1.54) is 11.8 Å². The molecule has 0 aliphatic carbocycles. The Hall–Kier alpha value is -2.69. The van der Waals surface area contributed by atoms with Crippen molar-refractivity contribution in [2.75, 3.05) is 13.1 Å². The molecular formula is C14H22N4O7. The van der Waals surface area contributed by atoms with Crippen molar-refractivity contribution in [3.63, 3.8) is 0 Å². The first-order valence-electron chi connectivity index (χ1n) is 7.71. The van der Waals surface area contributed by atoms with Crippen molar-refractivity contribution in [2.24, 2.45) is 5.73 Å². The average Bonchev–Trinajstić information content (AvgIpc) is 3.00. The summed E-state index contributed by atoms with van der Waals surface area (Å²) in [6.45, 7) is 1.41. The summed E-state index contributed by atoms with van der Waals surface area (Å²) in [5.74, 6) is -4.60. The van der Waals surface area contributed by atoms with E-state index in [-0.39, 0.29) is 13.1 Å². The monoisotopic (exact) mass is 358 g/mol. The van der Waals surface area contributed by atoms with Gasteiger partial charge in [0.2, 0.25) is 17.7 Å². The van der Waals surface area contributed by atoms with Gasteiger partial charge in [-0.1, -0.05) is 0 Å². The van der Waals surface area contributed by atoms with Crippen LogP contribution in [-0.4, -0.2) is 76.0 Å². The maximum absolute atomic E-state index is 12.2. The minimum atomic E-state index is -1.58. The molecule has 0 bridgehead atoms. The molecule has 1 fully saturated rings. The number of aliphatic carboxylic acids is 2. The van der Waals surface area contributed by atoms with E-state index in [1.807, 2.05) is 0 Å². The van der Waals surface area contributed by atoms with Crippen molar-refractivity contribution in [1.82, 2.24) is 15.5 Å². The van der Waals surface area contributed by atoms with Crippen LogP contribution >= 0.6 is 0 Å². The maximum atomic E-state index is 12.2. The van der Waals surface area contributed by atoms with E-state index >= 15 is 0 Å². The zero-order valence-corrected chi connectivity index (χ0v) is 13.7. The van der Waals surface area contributed by atoms with E-state index in [0.717, 1.165) is 0 Å². The molecule has 3 unspecified atom stereocenters. The third-order valence-corrected chi connectivity index (χ3v) is 3.70. The maximum Gasteiger partial charge on any atom is 0.326 e. The molecule has 0 radical (unpaired) electrons. The molecular weight excluding hydrogens is 336 g/mol. The molecule has 3 amide bonds. The first-order chi connectivity index (χ1) is 11.6. The van der Waals surface area contributed by atoms with Gasteiger partial charge in [0.1, 0.15) is 12.1 Å². The summed E-state index contributed by atoms with van der Waals surface area (Å²) in [6, 6.07) is -3.27. The fourth-order valence-electron chi connectivity index (χ4n) is 2.41. The van der Waals surface area contributed by atoms with E-state index in [4.69, 9.17) is 15.9 Å². The summed E-state index contributed by atoms with van der Waals surface area (Å²) < 4.78 is 0. The molecule has 0 aromatic heterocycles. The van der Waals surface area contributed by atoms with Gasteiger partial charge in [-0.2, -0.15) is 0 Å². The van der Waals surface area contributed by atoms with Crippen molar-refractivity contribution in [3.05, 3.63) is 0 Å². The molecule has 1 heterocycles. The highest BCUT2D eigenvalue weighted by Crippen LogP contribution is 2.17. The van der Waals surface area contributed by atoms with Crippen LogP contribution in [0.2, 0.25) is 0 Å². The topological polar surface area (TPSA) is 179 Å². The van der Waals surface area contributed by atoms with Gasteiger partial charge in [0, 0.05) is 6.54 Å². The Morgan fingerprint density at radius 1 is 1.24 bits per heavy atom. The zero-order valence-electron chi connectivity index (χ0n) is 13.7. The molecule has 1 rings (SSSR count). The summed E-state index contributed by atoms with van der Waals surface area (Å²) in [4.78, 5) is 58.7. The molecule has 25 heavy (non-hydrogen) atoms. The standard InChI is InChI=1S/C14H22N4O7/c1-7(15)12(22)16-6-10(19)18-4-2-3-9(18)13(23)17-8(14(24)25)5-11(20)21/h7-9H,2-6,15H2,1H3,(H,16,22)(H,17,23)(H,20,21)(H,24,25). The minimum Gasteiger partial charge on any atom is -0.481 e. The van der Waals surface area contributed by atoms with Crippen LogP contribution in [0.15, 0.2) is 0 Å². The number of carbonyl (C=O) groups is 5. The number of amides is 3. The SMILES string of the molecule is CC(N)C(=O)NCC(=O)N1CCCC1C(=O)NC(CC(=O)O)C(=O)O. The molecule has 11 nitrogen and oxygen atoms in total. The van der Waals surface area contributed by atoms with Crippen molar-refractivity contribution < 1.29 is 34.2 Å². The number of carboxylic acids is 2. The number of hydrogen-bond donors (Lipinski definition) is 5. The lowest BCUT2D eigenvalue weighted by molar-refractivity contribution is -0.148. The highest BCUT2D eigenvalue weighted by Gasteiger charge is 2.36. The molecule has 1 saturated heterocycles. The smallest absolute Gasteiger partial charge is 0.326 e. The van der Waals surface area contributed by atoms with E-state index in [1.54, 1.807) is 0 Å². The van der Waals surface area contributed by atoms with Crippen LogP contribution in [0.3, 0.4) is 0 Å². The predicted octanol–water partition coefficient (Wildman–Crippen LogP) is -2.52. The molecule has 3 atom stereocenters. The van der Waals surface area contributed by atoms with Gasteiger partial charge in [0.15, 0.2) is 0 Å². The van der Waals surface area contributed by atoms with E-state index in [9.17, 15) is 24.0 Å². The van der Waals surface area contributed by atoms with Crippen LogP contribution in [0, 0.1) is 0 Å². The second kappa shape index (κ2) is 8.97. The lowest BCUT2D eigenvalue weighted by Crippen LogP contribution is -2.53. The number of nitrogens with two attached hydrogens (primary N) is 1. The number of nitrogens with zero attached hydrogens (tertiary/aromatic N) is 1. The van der Waals surface area contributed by atoms with Crippen LogP contribution in [0.5, 0.6) is 0 Å². The average molecular weight is 358 g/mol. The number of carbonyl (C=O) groups excluding carboxylic acids is 3. The number of carboxylic acid groups (broad SMARTS) is 2. The van der Waals surface area contributed by atoms with E-state index < -0.39 is 54.2 Å². The van der Waals surface area contributed by atoms with Gasteiger partial charge < -0.3 is 31.5 Å². The summed E-state index contributed by atoms with van der Waals surface area (Å²) in [7, 11) is 0. The lowest BCUT2D eigenvalue weighted by Gasteiger charge is -2.25. The van der Waals surface area contributed by atoms with Gasteiger partial charge in [-0.15, -0.1) is 0 Å². The summed E-state index contributed by atoms with van der Waals surface area (Å²) in [5, 5.41) is 22.1. The molecule has 0 saturated carbocycles. The number of hydrogen-bond acceptors (Lipinski definition) is 6. The van der Waals surface area contributed by atoms with Crippen molar-refractivity contribution in [1.29, 1.82) is 0 Å². The summed E-state index contributed by atoms with van der Waals surface area (Å²) in [5.41, 5.74) is 5.37. The second-order valence-electron chi connectivity index (χ2n) is 5.75. The molecule has 0 spiro atoms. The Labute approximate surface area is 143 Å². The molecule has 11 heteroatoms. The third-order valence-electron chi connectivity index (χ3n) is 3.70. The molecule has 1 aliphatic rings. The van der Waals surface area contributed by atoms with Gasteiger partial charge in [0.25, 0.3) is 0 Å².